The number of hydrogen-bond acceptors (Lipinski definition) is 3. The number of hydrogen-bond donors (Lipinski definition) is 1. The van der Waals surface area contributed by atoms with Gasteiger partial charge in [0.15, 0.2) is 5.01 Å². The molecule has 0 radical (unpaired) electrons. The quantitative estimate of drug-likeness (QED) is 0.909. The number of nitrogens with one attached hydrogen (secondary N) is 1. The van der Waals surface area contributed by atoms with Gasteiger partial charge < -0.3 is 5.32 Å². The summed E-state index contributed by atoms with van der Waals surface area (Å²) in [5.41, 5.74) is 0.0466. The molecule has 108 valence electrons. The Balaban J connectivity index is 1.97. The lowest BCUT2D eigenvalue weighted by atomic mass is 9.73. The van der Waals surface area contributed by atoms with Crippen LogP contribution in [0.5, 0.6) is 0 Å². The van der Waals surface area contributed by atoms with Crippen molar-refractivity contribution in [2.75, 3.05) is 6.54 Å². The molecule has 1 aliphatic rings. The van der Waals surface area contributed by atoms with E-state index in [1.807, 2.05) is 0 Å². The summed E-state index contributed by atoms with van der Waals surface area (Å²) < 4.78 is 37.6. The third kappa shape index (κ3) is 3.69. The Labute approximate surface area is 115 Å². The number of aromatic nitrogens is 1. The van der Waals surface area contributed by atoms with Gasteiger partial charge in [0.2, 0.25) is 0 Å². The average Bonchev–Trinajstić information content (AvgIpc) is 2.62. The van der Waals surface area contributed by atoms with Crippen LogP contribution in [-0.4, -0.2) is 17.1 Å². The molecule has 19 heavy (non-hydrogen) atoms. The summed E-state index contributed by atoms with van der Waals surface area (Å²) in [5.74, 6) is 0.671. The minimum atomic E-state index is -4.31. The fourth-order valence-electron chi connectivity index (χ4n) is 2.21. The third-order valence-corrected chi connectivity index (χ3v) is 4.62. The second kappa shape index (κ2) is 5.05. The minimum Gasteiger partial charge on any atom is -0.312 e. The summed E-state index contributed by atoms with van der Waals surface area (Å²) in [7, 11) is 0. The SMILES string of the molecule is CC(C)(C)NCC1CCC1c1cnc(C(F)(F)F)s1. The topological polar surface area (TPSA) is 24.9 Å². The van der Waals surface area contributed by atoms with Gasteiger partial charge in [-0.3, -0.25) is 0 Å². The van der Waals surface area contributed by atoms with E-state index in [1.165, 1.54) is 6.20 Å². The molecule has 0 aromatic carbocycles. The fraction of sp³-hybridized carbons (Fsp3) is 0.769. The summed E-state index contributed by atoms with van der Waals surface area (Å²) in [6.45, 7) is 7.13. The summed E-state index contributed by atoms with van der Waals surface area (Å²) >= 11 is 0.797. The van der Waals surface area contributed by atoms with E-state index in [0.717, 1.165) is 35.6 Å². The maximum Gasteiger partial charge on any atom is 0.443 e. The molecule has 2 unspecified atom stereocenters. The fourth-order valence-corrected chi connectivity index (χ4v) is 3.23. The molecule has 0 spiro atoms. The van der Waals surface area contributed by atoms with Gasteiger partial charge in [-0.05, 0) is 52.0 Å². The van der Waals surface area contributed by atoms with Crippen LogP contribution in [0.15, 0.2) is 6.20 Å². The average molecular weight is 292 g/mol. The van der Waals surface area contributed by atoms with Crippen LogP contribution in [0.1, 0.15) is 49.4 Å². The molecule has 1 N–H and O–H groups in total. The van der Waals surface area contributed by atoms with Gasteiger partial charge in [-0.1, -0.05) is 0 Å². The van der Waals surface area contributed by atoms with Crippen LogP contribution in [0.4, 0.5) is 13.2 Å². The van der Waals surface area contributed by atoms with Gasteiger partial charge in [-0.15, -0.1) is 11.3 Å². The highest BCUT2D eigenvalue weighted by atomic mass is 32.1. The Kier molecular flexibility index (Phi) is 3.93. The van der Waals surface area contributed by atoms with Crippen LogP contribution in [0.25, 0.3) is 0 Å². The summed E-state index contributed by atoms with van der Waals surface area (Å²) in [6, 6.07) is 0. The van der Waals surface area contributed by atoms with Crippen molar-refractivity contribution in [2.24, 2.45) is 5.92 Å². The number of halogens is 3. The first-order valence-electron chi connectivity index (χ1n) is 6.45. The molecule has 6 heteroatoms. The predicted octanol–water partition coefficient (Wildman–Crippen LogP) is 4.04. The van der Waals surface area contributed by atoms with Crippen molar-refractivity contribution in [3.63, 3.8) is 0 Å². The van der Waals surface area contributed by atoms with Crippen LogP contribution < -0.4 is 5.32 Å². The van der Waals surface area contributed by atoms with E-state index in [-0.39, 0.29) is 11.5 Å². The van der Waals surface area contributed by atoms with Gasteiger partial charge in [0.05, 0.1) is 0 Å². The Hall–Kier alpha value is -0.620. The van der Waals surface area contributed by atoms with E-state index in [9.17, 15) is 13.2 Å². The molecular formula is C13H19F3N2S. The van der Waals surface area contributed by atoms with E-state index in [4.69, 9.17) is 0 Å². The lowest BCUT2D eigenvalue weighted by molar-refractivity contribution is -0.137. The van der Waals surface area contributed by atoms with Gasteiger partial charge in [0.25, 0.3) is 0 Å². The second-order valence-corrected chi connectivity index (χ2v) is 7.20. The molecule has 1 aromatic rings. The van der Waals surface area contributed by atoms with E-state index in [1.54, 1.807) is 0 Å². The molecule has 1 saturated carbocycles. The summed E-state index contributed by atoms with van der Waals surface area (Å²) in [6.07, 6.45) is -0.865. The Morgan fingerprint density at radius 1 is 1.32 bits per heavy atom. The van der Waals surface area contributed by atoms with Crippen LogP contribution in [0.3, 0.4) is 0 Å². The maximum absolute atomic E-state index is 12.5. The smallest absolute Gasteiger partial charge is 0.312 e. The van der Waals surface area contributed by atoms with Crippen molar-refractivity contribution in [1.82, 2.24) is 10.3 Å². The molecule has 0 bridgehead atoms. The molecular weight excluding hydrogens is 273 g/mol. The Bertz CT molecular complexity index is 434. The largest absolute Gasteiger partial charge is 0.443 e. The van der Waals surface area contributed by atoms with Gasteiger partial charge in [-0.2, -0.15) is 13.2 Å². The monoisotopic (exact) mass is 292 g/mol. The van der Waals surface area contributed by atoms with Gasteiger partial charge in [-0.25, -0.2) is 4.98 Å². The number of alkyl halides is 3. The molecule has 1 aliphatic carbocycles. The van der Waals surface area contributed by atoms with Crippen LogP contribution in [0.2, 0.25) is 0 Å². The van der Waals surface area contributed by atoms with Crippen LogP contribution in [0, 0.1) is 5.92 Å². The number of rotatable bonds is 3. The maximum atomic E-state index is 12.5. The van der Waals surface area contributed by atoms with Crippen molar-refractivity contribution in [3.8, 4) is 0 Å². The van der Waals surface area contributed by atoms with Crippen molar-refractivity contribution < 1.29 is 13.2 Å². The third-order valence-electron chi connectivity index (χ3n) is 3.44. The molecule has 1 heterocycles. The first-order valence-corrected chi connectivity index (χ1v) is 7.26. The van der Waals surface area contributed by atoms with Crippen LogP contribution >= 0.6 is 11.3 Å². The first kappa shape index (κ1) is 14.8. The van der Waals surface area contributed by atoms with Crippen LogP contribution in [-0.2, 0) is 6.18 Å². The second-order valence-electron chi connectivity index (χ2n) is 6.14. The zero-order valence-electron chi connectivity index (χ0n) is 11.3. The summed E-state index contributed by atoms with van der Waals surface area (Å²) in [5, 5.41) is 2.70. The Morgan fingerprint density at radius 2 is 2.00 bits per heavy atom. The highest BCUT2D eigenvalue weighted by Gasteiger charge is 2.38. The van der Waals surface area contributed by atoms with Gasteiger partial charge in [0.1, 0.15) is 0 Å². The van der Waals surface area contributed by atoms with Gasteiger partial charge >= 0.3 is 6.18 Å². The van der Waals surface area contributed by atoms with Gasteiger partial charge in [0, 0.05) is 16.6 Å². The van der Waals surface area contributed by atoms with E-state index >= 15 is 0 Å². The van der Waals surface area contributed by atoms with E-state index in [0.29, 0.717) is 5.92 Å². The first-order chi connectivity index (χ1) is 8.67. The van der Waals surface area contributed by atoms with Crippen molar-refractivity contribution in [3.05, 3.63) is 16.1 Å². The van der Waals surface area contributed by atoms with Crippen molar-refractivity contribution >= 4 is 11.3 Å². The lowest BCUT2D eigenvalue weighted by Crippen LogP contribution is -2.42. The van der Waals surface area contributed by atoms with Crippen molar-refractivity contribution in [2.45, 2.75) is 51.2 Å². The minimum absolute atomic E-state index is 0.0466. The van der Waals surface area contributed by atoms with E-state index in [2.05, 4.69) is 31.1 Å². The molecule has 2 atom stereocenters. The number of nitrogens with zero attached hydrogens (tertiary/aromatic N) is 1. The molecule has 0 aliphatic heterocycles. The lowest BCUT2D eigenvalue weighted by Gasteiger charge is -2.38. The predicted molar refractivity (Wildman–Crippen MR) is 70.3 cm³/mol. The highest BCUT2D eigenvalue weighted by molar-refractivity contribution is 7.11. The molecule has 2 nitrogen and oxygen atoms in total. The molecule has 0 amide bonds. The van der Waals surface area contributed by atoms with Crippen molar-refractivity contribution in [1.29, 1.82) is 0 Å². The standard InChI is InChI=1S/C13H19F3N2S/c1-12(2,3)18-6-8-4-5-9(8)10-7-17-11(19-10)13(14,15)16/h7-9,18H,4-6H2,1-3H3. The Morgan fingerprint density at radius 3 is 2.42 bits per heavy atom. The normalized spacial score (nSPS) is 24.3. The molecule has 0 saturated heterocycles. The number of thiazole rings is 1. The highest BCUT2D eigenvalue weighted by Crippen LogP contribution is 2.46. The molecule has 2 rings (SSSR count). The summed E-state index contributed by atoms with van der Waals surface area (Å²) in [4.78, 5) is 4.28. The van der Waals surface area contributed by atoms with E-state index < -0.39 is 11.2 Å². The molecule has 1 aromatic heterocycles. The zero-order valence-corrected chi connectivity index (χ0v) is 12.2. The molecule has 1 fully saturated rings. The zero-order chi connectivity index (χ0) is 14.3.